The number of carbonyl (C=O) groups excluding carboxylic acids is 1. The van der Waals surface area contributed by atoms with Crippen LogP contribution in [-0.4, -0.2) is 10.2 Å². The smallest absolute Gasteiger partial charge is 0.274 e. The zero-order valence-corrected chi connectivity index (χ0v) is 14.2. The summed E-state index contributed by atoms with van der Waals surface area (Å²) >= 11 is 8.94. The highest BCUT2D eigenvalue weighted by Gasteiger charge is 2.20. The van der Waals surface area contributed by atoms with Gasteiger partial charge in [0.2, 0.25) is 5.89 Å². The molecule has 0 aliphatic carbocycles. The Balaban J connectivity index is 1.84. The molecule has 23 heavy (non-hydrogen) atoms. The molecular formula is C17H11BrClNO3. The zero-order valence-electron chi connectivity index (χ0n) is 11.8. The van der Waals surface area contributed by atoms with Crippen molar-refractivity contribution in [1.29, 1.82) is 0 Å². The normalized spacial score (nSPS) is 10.5. The van der Waals surface area contributed by atoms with E-state index in [0.717, 1.165) is 10.0 Å². The highest BCUT2D eigenvalue weighted by atomic mass is 79.9. The predicted octanol–water partition coefficient (Wildman–Crippen LogP) is 5.06. The first-order chi connectivity index (χ1) is 11.1. The molecule has 4 nitrogen and oxygen atoms in total. The number of hydrogen-bond donors (Lipinski definition) is 0. The summed E-state index contributed by atoms with van der Waals surface area (Å²) in [6, 6.07) is 16.6. The van der Waals surface area contributed by atoms with Gasteiger partial charge in [-0.15, -0.1) is 0 Å². The highest BCUT2D eigenvalue weighted by Crippen LogP contribution is 2.24. The van der Waals surface area contributed by atoms with E-state index in [0.29, 0.717) is 17.4 Å². The Morgan fingerprint density at radius 2 is 1.83 bits per heavy atom. The van der Waals surface area contributed by atoms with Crippen molar-refractivity contribution in [3.63, 3.8) is 0 Å². The number of halogens is 2. The Morgan fingerprint density at radius 1 is 1.13 bits per heavy atom. The third kappa shape index (κ3) is 3.81. The van der Waals surface area contributed by atoms with E-state index in [1.54, 1.807) is 12.1 Å². The van der Waals surface area contributed by atoms with Crippen molar-refractivity contribution in [2.45, 2.75) is 6.61 Å². The van der Waals surface area contributed by atoms with Crippen LogP contribution in [0.2, 0.25) is 0 Å². The molecule has 0 aliphatic heterocycles. The topological polar surface area (TPSA) is 52.3 Å². The van der Waals surface area contributed by atoms with Gasteiger partial charge < -0.3 is 9.15 Å². The van der Waals surface area contributed by atoms with Gasteiger partial charge in [-0.2, -0.15) is 0 Å². The van der Waals surface area contributed by atoms with Crippen LogP contribution >= 0.6 is 27.5 Å². The summed E-state index contributed by atoms with van der Waals surface area (Å²) in [5.41, 5.74) is 0.837. The molecule has 0 N–H and O–H groups in total. The van der Waals surface area contributed by atoms with Gasteiger partial charge in [-0.25, -0.2) is 4.98 Å². The first-order valence-corrected chi connectivity index (χ1v) is 7.94. The van der Waals surface area contributed by atoms with Crippen LogP contribution in [0.15, 0.2) is 63.5 Å². The maximum atomic E-state index is 11.5. The number of rotatable bonds is 5. The maximum Gasteiger partial charge on any atom is 0.274 e. The van der Waals surface area contributed by atoms with Gasteiger partial charge in [-0.05, 0) is 48.0 Å². The minimum atomic E-state index is -0.676. The summed E-state index contributed by atoms with van der Waals surface area (Å²) in [7, 11) is 0. The molecule has 116 valence electrons. The van der Waals surface area contributed by atoms with Crippen molar-refractivity contribution < 1.29 is 13.9 Å². The van der Waals surface area contributed by atoms with Crippen molar-refractivity contribution in [1.82, 2.24) is 4.98 Å². The van der Waals surface area contributed by atoms with Crippen LogP contribution in [0.5, 0.6) is 5.75 Å². The van der Waals surface area contributed by atoms with E-state index in [1.165, 1.54) is 0 Å². The second-order valence-electron chi connectivity index (χ2n) is 4.67. The van der Waals surface area contributed by atoms with Crippen LogP contribution in [0.25, 0.3) is 11.5 Å². The van der Waals surface area contributed by atoms with Crippen molar-refractivity contribution >= 4 is 32.8 Å². The van der Waals surface area contributed by atoms with Gasteiger partial charge in [-0.1, -0.05) is 34.1 Å². The van der Waals surface area contributed by atoms with Crippen molar-refractivity contribution in [2.75, 3.05) is 0 Å². The molecule has 0 radical (unpaired) electrons. The Kier molecular flexibility index (Phi) is 4.79. The molecule has 0 aliphatic rings. The van der Waals surface area contributed by atoms with Gasteiger partial charge in [0, 0.05) is 10.0 Å². The largest absolute Gasteiger partial charge is 0.486 e. The van der Waals surface area contributed by atoms with Crippen LogP contribution in [0.1, 0.15) is 16.2 Å². The zero-order chi connectivity index (χ0) is 16.2. The Bertz CT molecular complexity index is 816. The third-order valence-electron chi connectivity index (χ3n) is 3.09. The van der Waals surface area contributed by atoms with Gasteiger partial charge in [-0.3, -0.25) is 4.79 Å². The average Bonchev–Trinajstić information content (AvgIpc) is 3.00. The molecule has 3 aromatic rings. The summed E-state index contributed by atoms with van der Waals surface area (Å²) in [4.78, 5) is 15.7. The van der Waals surface area contributed by atoms with Gasteiger partial charge in [0.25, 0.3) is 5.24 Å². The molecular weight excluding hydrogens is 382 g/mol. The van der Waals surface area contributed by atoms with Crippen LogP contribution < -0.4 is 4.74 Å². The average molecular weight is 393 g/mol. The lowest BCUT2D eigenvalue weighted by atomic mass is 10.2. The lowest BCUT2D eigenvalue weighted by molar-refractivity contribution is 0.107. The van der Waals surface area contributed by atoms with Gasteiger partial charge in [0.1, 0.15) is 12.4 Å². The molecule has 0 spiro atoms. The molecule has 1 aromatic heterocycles. The predicted molar refractivity (Wildman–Crippen MR) is 90.6 cm³/mol. The molecule has 0 saturated carbocycles. The number of hydrogen-bond acceptors (Lipinski definition) is 4. The van der Waals surface area contributed by atoms with Gasteiger partial charge >= 0.3 is 0 Å². The Morgan fingerprint density at radius 3 is 2.48 bits per heavy atom. The van der Waals surface area contributed by atoms with E-state index in [9.17, 15) is 4.79 Å². The van der Waals surface area contributed by atoms with Crippen molar-refractivity contribution in [3.05, 3.63) is 70.5 Å². The second kappa shape index (κ2) is 6.98. The highest BCUT2D eigenvalue weighted by molar-refractivity contribution is 9.10. The fourth-order valence-corrected chi connectivity index (χ4v) is 2.40. The number of ether oxygens (including phenoxy) is 1. The van der Waals surface area contributed by atoms with E-state index in [1.807, 2.05) is 42.5 Å². The van der Waals surface area contributed by atoms with Gasteiger partial charge in [0.05, 0.1) is 0 Å². The molecule has 0 unspecified atom stereocenters. The van der Waals surface area contributed by atoms with Crippen LogP contribution in [0.3, 0.4) is 0 Å². The minimum absolute atomic E-state index is 0.0647. The van der Waals surface area contributed by atoms with Crippen LogP contribution in [0.4, 0.5) is 0 Å². The number of carbonyl (C=O) groups is 1. The van der Waals surface area contributed by atoms with Crippen molar-refractivity contribution in [2.24, 2.45) is 0 Å². The number of oxazole rings is 1. The van der Waals surface area contributed by atoms with Crippen LogP contribution in [0, 0.1) is 0 Å². The molecule has 1 heterocycles. The van der Waals surface area contributed by atoms with E-state index < -0.39 is 5.24 Å². The first kappa shape index (κ1) is 15.8. The van der Waals surface area contributed by atoms with E-state index in [2.05, 4.69) is 20.9 Å². The molecule has 6 heteroatoms. The van der Waals surface area contributed by atoms with E-state index in [4.69, 9.17) is 20.8 Å². The summed E-state index contributed by atoms with van der Waals surface area (Å²) in [5, 5.41) is -0.676. The second-order valence-corrected chi connectivity index (χ2v) is 5.93. The molecule has 0 fully saturated rings. The summed E-state index contributed by atoms with van der Waals surface area (Å²) in [6.07, 6.45) is 0. The third-order valence-corrected chi connectivity index (χ3v) is 3.80. The SMILES string of the molecule is O=C(Cl)c1nc(-c2ccccc2)oc1COc1ccc(Br)cc1. The monoisotopic (exact) mass is 391 g/mol. The maximum absolute atomic E-state index is 11.5. The Labute approximate surface area is 146 Å². The summed E-state index contributed by atoms with van der Waals surface area (Å²) < 4.78 is 12.2. The molecule has 0 saturated heterocycles. The summed E-state index contributed by atoms with van der Waals surface area (Å²) in [6.45, 7) is 0.0647. The number of nitrogens with zero attached hydrogens (tertiary/aromatic N) is 1. The lowest BCUT2D eigenvalue weighted by Gasteiger charge is -2.04. The molecule has 0 amide bonds. The van der Waals surface area contributed by atoms with Gasteiger partial charge in [0.15, 0.2) is 11.5 Å². The molecule has 2 aromatic carbocycles. The standard InChI is InChI=1S/C17H11BrClNO3/c18-12-6-8-13(9-7-12)22-10-14-15(16(19)21)20-17(23-14)11-4-2-1-3-5-11/h1-9H,10H2. The molecule has 0 atom stereocenters. The Hall–Kier alpha value is -2.11. The quantitative estimate of drug-likeness (QED) is 0.569. The molecule has 3 rings (SSSR count). The first-order valence-electron chi connectivity index (χ1n) is 6.77. The fraction of sp³-hybridized carbons (Fsp3) is 0.0588. The van der Waals surface area contributed by atoms with Crippen molar-refractivity contribution in [3.8, 4) is 17.2 Å². The van der Waals surface area contributed by atoms with E-state index >= 15 is 0 Å². The summed E-state index contributed by atoms with van der Waals surface area (Å²) in [5.74, 6) is 1.29. The number of aromatic nitrogens is 1. The molecule has 0 bridgehead atoms. The van der Waals surface area contributed by atoms with E-state index in [-0.39, 0.29) is 12.3 Å². The lowest BCUT2D eigenvalue weighted by Crippen LogP contribution is -2.00. The van der Waals surface area contributed by atoms with Crippen LogP contribution in [-0.2, 0) is 6.61 Å². The minimum Gasteiger partial charge on any atom is -0.486 e. The fourth-order valence-electron chi connectivity index (χ4n) is 1.99. The number of benzene rings is 2.